The summed E-state index contributed by atoms with van der Waals surface area (Å²) >= 11 is 0. The van der Waals surface area contributed by atoms with Gasteiger partial charge in [-0.15, -0.1) is 0 Å². The van der Waals surface area contributed by atoms with Crippen molar-refractivity contribution in [2.75, 3.05) is 26.9 Å². The van der Waals surface area contributed by atoms with Crippen LogP contribution in [0.3, 0.4) is 0 Å². The van der Waals surface area contributed by atoms with E-state index in [9.17, 15) is 10.2 Å². The predicted octanol–water partition coefficient (Wildman–Crippen LogP) is 4.73. The molecule has 0 aromatic heterocycles. The first-order valence-corrected chi connectivity index (χ1v) is 15.8. The Kier molecular flexibility index (Phi) is 12.9. The number of piperidine rings is 1. The molecule has 0 spiro atoms. The molecule has 216 valence electrons. The second-order valence-electron chi connectivity index (χ2n) is 12.4. The molecule has 2 aliphatic carbocycles. The fraction of sp³-hybridized carbons (Fsp3) is 1.00. The molecular formula is C30H56N2O5. The zero-order chi connectivity index (χ0) is 25.9. The van der Waals surface area contributed by atoms with E-state index in [2.05, 4.69) is 17.3 Å². The van der Waals surface area contributed by atoms with Gasteiger partial charge in [-0.25, -0.2) is 0 Å². The second-order valence-corrected chi connectivity index (χ2v) is 12.4. The Balaban J connectivity index is 0.982. The highest BCUT2D eigenvalue weighted by Crippen LogP contribution is 2.38. The molecule has 2 saturated heterocycles. The third-order valence-corrected chi connectivity index (χ3v) is 9.54. The molecule has 0 radical (unpaired) electrons. The van der Waals surface area contributed by atoms with Gasteiger partial charge in [0.15, 0.2) is 6.29 Å². The SMILES string of the molecule is CN1C(NC2CCCCC2)CCC2CC(OCCCCCCCCOC3CC(O)OC(CO)C3)CCC21. The molecular weight excluding hydrogens is 468 g/mol. The van der Waals surface area contributed by atoms with Gasteiger partial charge in [-0.1, -0.05) is 44.9 Å². The lowest BCUT2D eigenvalue weighted by Gasteiger charge is -2.49. The van der Waals surface area contributed by atoms with Crippen molar-refractivity contribution < 1.29 is 24.4 Å². The predicted molar refractivity (Wildman–Crippen MR) is 146 cm³/mol. The molecule has 3 N–H and O–H groups in total. The van der Waals surface area contributed by atoms with Crippen LogP contribution in [0.5, 0.6) is 0 Å². The summed E-state index contributed by atoms with van der Waals surface area (Å²) in [5.41, 5.74) is 0. The third kappa shape index (κ3) is 9.70. The first-order valence-electron chi connectivity index (χ1n) is 15.8. The number of aliphatic hydroxyl groups excluding tert-OH is 2. The first kappa shape index (κ1) is 29.7. The molecule has 7 nitrogen and oxygen atoms in total. The topological polar surface area (TPSA) is 83.4 Å². The van der Waals surface area contributed by atoms with Gasteiger partial charge < -0.3 is 24.4 Å². The summed E-state index contributed by atoms with van der Waals surface area (Å²) in [4.78, 5) is 2.68. The highest BCUT2D eigenvalue weighted by Gasteiger charge is 2.39. The zero-order valence-electron chi connectivity index (χ0n) is 23.5. The van der Waals surface area contributed by atoms with E-state index in [4.69, 9.17) is 14.2 Å². The van der Waals surface area contributed by atoms with E-state index in [0.717, 1.165) is 37.6 Å². The van der Waals surface area contributed by atoms with Gasteiger partial charge in [-0.05, 0) is 70.8 Å². The van der Waals surface area contributed by atoms with Crippen LogP contribution in [0.4, 0.5) is 0 Å². The molecule has 7 unspecified atom stereocenters. The third-order valence-electron chi connectivity index (χ3n) is 9.54. The maximum absolute atomic E-state index is 9.70. The minimum Gasteiger partial charge on any atom is -0.394 e. The van der Waals surface area contributed by atoms with Gasteiger partial charge in [-0.2, -0.15) is 0 Å². The molecule has 4 rings (SSSR count). The second kappa shape index (κ2) is 16.1. The summed E-state index contributed by atoms with van der Waals surface area (Å²) < 4.78 is 17.5. The van der Waals surface area contributed by atoms with E-state index in [1.54, 1.807) is 0 Å². The number of ether oxygens (including phenoxy) is 3. The summed E-state index contributed by atoms with van der Waals surface area (Å²) in [6, 6.07) is 1.49. The van der Waals surface area contributed by atoms with E-state index >= 15 is 0 Å². The average Bonchev–Trinajstić information content (AvgIpc) is 2.91. The Morgan fingerprint density at radius 1 is 0.784 bits per heavy atom. The lowest BCUT2D eigenvalue weighted by molar-refractivity contribution is -0.205. The van der Waals surface area contributed by atoms with Crippen LogP contribution in [-0.4, -0.2) is 84.8 Å². The van der Waals surface area contributed by atoms with Crippen molar-refractivity contribution in [3.8, 4) is 0 Å². The number of hydrogen-bond donors (Lipinski definition) is 3. The molecule has 4 aliphatic rings. The van der Waals surface area contributed by atoms with Crippen LogP contribution in [0.15, 0.2) is 0 Å². The summed E-state index contributed by atoms with van der Waals surface area (Å²) in [5, 5.41) is 22.9. The Morgan fingerprint density at radius 2 is 1.49 bits per heavy atom. The first-order chi connectivity index (χ1) is 18.1. The van der Waals surface area contributed by atoms with Crippen LogP contribution < -0.4 is 5.32 Å². The van der Waals surface area contributed by atoms with Crippen molar-refractivity contribution >= 4 is 0 Å². The average molecular weight is 525 g/mol. The quantitative estimate of drug-likeness (QED) is 0.283. The van der Waals surface area contributed by atoms with Crippen molar-refractivity contribution in [1.29, 1.82) is 0 Å². The van der Waals surface area contributed by atoms with Crippen LogP contribution in [-0.2, 0) is 14.2 Å². The van der Waals surface area contributed by atoms with Gasteiger partial charge in [0.05, 0.1) is 31.1 Å². The largest absolute Gasteiger partial charge is 0.394 e. The monoisotopic (exact) mass is 524 g/mol. The van der Waals surface area contributed by atoms with Gasteiger partial charge in [0.25, 0.3) is 0 Å². The van der Waals surface area contributed by atoms with Crippen LogP contribution in [0.25, 0.3) is 0 Å². The number of likely N-dealkylation sites (tertiary alicyclic amines) is 1. The number of nitrogens with zero attached hydrogens (tertiary/aromatic N) is 1. The van der Waals surface area contributed by atoms with Crippen molar-refractivity contribution in [2.45, 2.75) is 158 Å². The molecule has 0 bridgehead atoms. The van der Waals surface area contributed by atoms with Crippen LogP contribution in [0.2, 0.25) is 0 Å². The molecule has 4 fully saturated rings. The fourth-order valence-electron chi connectivity index (χ4n) is 7.36. The highest BCUT2D eigenvalue weighted by atomic mass is 16.6. The molecule has 37 heavy (non-hydrogen) atoms. The molecule has 0 amide bonds. The minimum absolute atomic E-state index is 0.00164. The van der Waals surface area contributed by atoms with Crippen molar-refractivity contribution in [2.24, 2.45) is 5.92 Å². The summed E-state index contributed by atoms with van der Waals surface area (Å²) in [6.45, 7) is 1.60. The Morgan fingerprint density at radius 3 is 2.22 bits per heavy atom. The van der Waals surface area contributed by atoms with E-state index in [0.29, 0.717) is 25.1 Å². The fourth-order valence-corrected chi connectivity index (χ4v) is 7.36. The van der Waals surface area contributed by atoms with Crippen molar-refractivity contribution in [3.05, 3.63) is 0 Å². The number of unbranched alkanes of at least 4 members (excludes halogenated alkanes) is 5. The number of fused-ring (bicyclic) bond motifs is 1. The van der Waals surface area contributed by atoms with E-state index in [1.165, 1.54) is 96.3 Å². The van der Waals surface area contributed by atoms with Gasteiger partial charge in [0.2, 0.25) is 0 Å². The van der Waals surface area contributed by atoms with Gasteiger partial charge in [0, 0.05) is 38.1 Å². The van der Waals surface area contributed by atoms with E-state index < -0.39 is 6.29 Å². The standard InChI is InChI=1S/C30H56N2O5/c1-32-28-15-14-25(19-23(28)13-16-29(32)31-24-11-7-6-8-12-24)35-17-9-4-2-3-5-10-18-36-26-20-27(22-33)37-30(34)21-26/h23-31,33-34H,2-22H2,1H3. The van der Waals surface area contributed by atoms with Gasteiger partial charge in [0.1, 0.15) is 0 Å². The zero-order valence-corrected chi connectivity index (χ0v) is 23.5. The molecule has 2 heterocycles. The summed E-state index contributed by atoms with van der Waals surface area (Å²) in [5.74, 6) is 0.814. The Bertz CT molecular complexity index is 619. The maximum atomic E-state index is 9.70. The smallest absolute Gasteiger partial charge is 0.157 e. The van der Waals surface area contributed by atoms with Crippen LogP contribution in [0, 0.1) is 5.92 Å². The van der Waals surface area contributed by atoms with Crippen LogP contribution >= 0.6 is 0 Å². The lowest BCUT2D eigenvalue weighted by atomic mass is 9.76. The lowest BCUT2D eigenvalue weighted by Crippen LogP contribution is -2.58. The van der Waals surface area contributed by atoms with Gasteiger partial charge in [-0.3, -0.25) is 10.2 Å². The molecule has 2 saturated carbocycles. The normalized spacial score (nSPS) is 35.9. The molecule has 7 atom stereocenters. The van der Waals surface area contributed by atoms with Crippen molar-refractivity contribution in [1.82, 2.24) is 10.2 Å². The molecule has 0 aromatic rings. The number of nitrogens with one attached hydrogen (secondary N) is 1. The van der Waals surface area contributed by atoms with Crippen molar-refractivity contribution in [3.63, 3.8) is 0 Å². The number of hydrogen-bond acceptors (Lipinski definition) is 7. The minimum atomic E-state index is -0.808. The Hall–Kier alpha value is -0.280. The Labute approximate surface area is 226 Å². The van der Waals surface area contributed by atoms with Gasteiger partial charge >= 0.3 is 0 Å². The summed E-state index contributed by atoms with van der Waals surface area (Å²) in [6.07, 6.45) is 21.8. The van der Waals surface area contributed by atoms with E-state index in [-0.39, 0.29) is 18.8 Å². The van der Waals surface area contributed by atoms with Crippen LogP contribution in [0.1, 0.15) is 116 Å². The number of aliphatic hydroxyl groups is 2. The molecule has 0 aromatic carbocycles. The molecule has 7 heteroatoms. The van der Waals surface area contributed by atoms with E-state index in [1.807, 2.05) is 0 Å². The number of rotatable bonds is 14. The summed E-state index contributed by atoms with van der Waals surface area (Å²) in [7, 11) is 2.37. The highest BCUT2D eigenvalue weighted by molar-refractivity contribution is 4.93. The maximum Gasteiger partial charge on any atom is 0.157 e. The molecule has 2 aliphatic heterocycles.